The highest BCUT2D eigenvalue weighted by Crippen LogP contribution is 2.05. The Morgan fingerprint density at radius 2 is 2.50 bits per heavy atom. The summed E-state index contributed by atoms with van der Waals surface area (Å²) < 4.78 is 4.56. The molecule has 1 aromatic heterocycles. The summed E-state index contributed by atoms with van der Waals surface area (Å²) in [7, 11) is 1.31. The Hall–Kier alpha value is -2.33. The number of hydrogen-bond acceptors (Lipinski definition) is 4. The number of nitrogens with zero attached hydrogens (tertiary/aromatic N) is 4. The van der Waals surface area contributed by atoms with Gasteiger partial charge in [0.25, 0.3) is 0 Å². The molecule has 1 aromatic rings. The average molecular weight is 218 g/mol. The second-order valence-electron chi connectivity index (χ2n) is 2.81. The van der Waals surface area contributed by atoms with Crippen LogP contribution in [0, 0.1) is 0 Å². The van der Waals surface area contributed by atoms with E-state index < -0.39 is 5.97 Å². The van der Waals surface area contributed by atoms with E-state index in [4.69, 9.17) is 5.53 Å². The summed E-state index contributed by atoms with van der Waals surface area (Å²) in [5, 5.41) is 3.34. The number of pyridine rings is 1. The van der Waals surface area contributed by atoms with Gasteiger partial charge in [0.2, 0.25) is 0 Å². The van der Waals surface area contributed by atoms with E-state index >= 15 is 0 Å². The zero-order valence-electron chi connectivity index (χ0n) is 8.70. The van der Waals surface area contributed by atoms with Crippen molar-refractivity contribution in [2.75, 3.05) is 13.7 Å². The van der Waals surface area contributed by atoms with Crippen LogP contribution in [0.4, 0.5) is 0 Å². The Kier molecular flexibility index (Phi) is 4.56. The molecule has 0 atom stereocenters. The SMILES string of the molecule is COC(=O)c1cncc(C=CCN=[N+]=[N-])c1. The predicted octanol–water partition coefficient (Wildman–Crippen LogP) is 2.19. The lowest BCUT2D eigenvalue weighted by Crippen LogP contribution is -2.01. The van der Waals surface area contributed by atoms with Gasteiger partial charge in [-0.2, -0.15) is 0 Å². The minimum atomic E-state index is -0.433. The monoisotopic (exact) mass is 218 g/mol. The molecule has 0 saturated carbocycles. The first-order valence-corrected chi connectivity index (χ1v) is 4.48. The molecule has 0 aliphatic carbocycles. The van der Waals surface area contributed by atoms with E-state index in [0.29, 0.717) is 5.56 Å². The molecule has 0 aliphatic heterocycles. The van der Waals surface area contributed by atoms with Crippen LogP contribution in [0.25, 0.3) is 16.5 Å². The molecule has 0 spiro atoms. The molecule has 0 radical (unpaired) electrons. The fourth-order valence-electron chi connectivity index (χ4n) is 1.05. The molecule has 1 rings (SSSR count). The fourth-order valence-corrected chi connectivity index (χ4v) is 1.05. The van der Waals surface area contributed by atoms with Gasteiger partial charge in [0.1, 0.15) is 0 Å². The van der Waals surface area contributed by atoms with Crippen LogP contribution in [0.15, 0.2) is 29.7 Å². The van der Waals surface area contributed by atoms with Crippen LogP contribution >= 0.6 is 0 Å². The lowest BCUT2D eigenvalue weighted by Gasteiger charge is -1.99. The fraction of sp³-hybridized carbons (Fsp3) is 0.200. The average Bonchev–Trinajstić information content (AvgIpc) is 2.34. The molecule has 82 valence electrons. The van der Waals surface area contributed by atoms with Crippen LogP contribution in [0.3, 0.4) is 0 Å². The molecule has 1 heterocycles. The van der Waals surface area contributed by atoms with Crippen LogP contribution < -0.4 is 0 Å². The van der Waals surface area contributed by atoms with Crippen molar-refractivity contribution in [2.45, 2.75) is 0 Å². The molecule has 0 amide bonds. The maximum absolute atomic E-state index is 11.2. The summed E-state index contributed by atoms with van der Waals surface area (Å²) in [6, 6.07) is 1.64. The van der Waals surface area contributed by atoms with Crippen molar-refractivity contribution in [3.8, 4) is 0 Å². The molecule has 0 saturated heterocycles. The Morgan fingerprint density at radius 3 is 3.19 bits per heavy atom. The largest absolute Gasteiger partial charge is 0.465 e. The van der Waals surface area contributed by atoms with Gasteiger partial charge in [0.05, 0.1) is 12.7 Å². The maximum Gasteiger partial charge on any atom is 0.339 e. The normalized spacial score (nSPS) is 9.81. The number of hydrogen-bond donors (Lipinski definition) is 0. The van der Waals surface area contributed by atoms with Crippen molar-refractivity contribution >= 4 is 12.0 Å². The highest BCUT2D eigenvalue weighted by molar-refractivity contribution is 5.89. The lowest BCUT2D eigenvalue weighted by atomic mass is 10.2. The van der Waals surface area contributed by atoms with Crippen LogP contribution in [-0.2, 0) is 4.74 Å². The van der Waals surface area contributed by atoms with Crippen molar-refractivity contribution in [1.29, 1.82) is 0 Å². The Balaban J connectivity index is 2.78. The Morgan fingerprint density at radius 1 is 1.69 bits per heavy atom. The summed E-state index contributed by atoms with van der Waals surface area (Å²) in [5.41, 5.74) is 9.19. The number of aromatic nitrogens is 1. The number of esters is 1. The summed E-state index contributed by atoms with van der Waals surface area (Å²) >= 11 is 0. The summed E-state index contributed by atoms with van der Waals surface area (Å²) in [5.74, 6) is -0.433. The van der Waals surface area contributed by atoms with Crippen molar-refractivity contribution in [3.63, 3.8) is 0 Å². The Labute approximate surface area is 92.2 Å². The van der Waals surface area contributed by atoms with Gasteiger partial charge in [0.15, 0.2) is 0 Å². The first-order chi connectivity index (χ1) is 7.77. The Bertz CT molecular complexity index is 450. The van der Waals surface area contributed by atoms with Gasteiger partial charge in [-0.25, -0.2) is 4.79 Å². The van der Waals surface area contributed by atoms with E-state index in [-0.39, 0.29) is 6.54 Å². The molecule has 0 aliphatic rings. The van der Waals surface area contributed by atoms with Gasteiger partial charge in [-0.15, -0.1) is 0 Å². The molecule has 0 unspecified atom stereocenters. The van der Waals surface area contributed by atoms with Gasteiger partial charge >= 0.3 is 5.97 Å². The first kappa shape index (κ1) is 11.7. The third-order valence-corrected chi connectivity index (χ3v) is 1.74. The maximum atomic E-state index is 11.2. The number of azide groups is 1. The van der Waals surface area contributed by atoms with E-state index in [2.05, 4.69) is 19.7 Å². The van der Waals surface area contributed by atoms with Gasteiger partial charge in [-0.05, 0) is 17.2 Å². The molecule has 0 fully saturated rings. The van der Waals surface area contributed by atoms with Gasteiger partial charge < -0.3 is 4.74 Å². The zero-order chi connectivity index (χ0) is 11.8. The third kappa shape index (κ3) is 3.43. The predicted molar refractivity (Wildman–Crippen MR) is 58.6 cm³/mol. The number of ether oxygens (including phenoxy) is 1. The zero-order valence-corrected chi connectivity index (χ0v) is 8.70. The number of rotatable bonds is 4. The van der Waals surface area contributed by atoms with E-state index in [0.717, 1.165) is 5.56 Å². The topological polar surface area (TPSA) is 88.0 Å². The van der Waals surface area contributed by atoms with E-state index in [1.807, 2.05) is 0 Å². The second-order valence-corrected chi connectivity index (χ2v) is 2.81. The third-order valence-electron chi connectivity index (χ3n) is 1.74. The smallest absolute Gasteiger partial charge is 0.339 e. The van der Waals surface area contributed by atoms with E-state index in [1.54, 1.807) is 24.4 Å². The summed E-state index contributed by atoms with van der Waals surface area (Å²) in [6.45, 7) is 0.263. The number of carbonyl (C=O) groups excluding carboxylic acids is 1. The standard InChI is InChI=1S/C10H10N4O2/c1-16-10(15)9-5-8(6-12-7-9)3-2-4-13-14-11/h2-3,5-7H,4H2,1H3. The van der Waals surface area contributed by atoms with E-state index in [1.165, 1.54) is 13.3 Å². The molecule has 0 aromatic carbocycles. The first-order valence-electron chi connectivity index (χ1n) is 4.48. The number of methoxy groups -OCH3 is 1. The molecular formula is C10H10N4O2. The van der Waals surface area contributed by atoms with Gasteiger partial charge in [-0.1, -0.05) is 17.3 Å². The van der Waals surface area contributed by atoms with Crippen molar-refractivity contribution < 1.29 is 9.53 Å². The summed E-state index contributed by atoms with van der Waals surface area (Å²) in [4.78, 5) is 17.7. The van der Waals surface area contributed by atoms with Crippen LogP contribution in [-0.4, -0.2) is 24.6 Å². The van der Waals surface area contributed by atoms with Crippen LogP contribution in [0.5, 0.6) is 0 Å². The molecule has 6 nitrogen and oxygen atoms in total. The molecule has 0 bridgehead atoms. The quantitative estimate of drug-likeness (QED) is 0.336. The summed E-state index contributed by atoms with van der Waals surface area (Å²) in [6.07, 6.45) is 6.42. The molecular weight excluding hydrogens is 208 g/mol. The van der Waals surface area contributed by atoms with Crippen molar-refractivity contribution in [2.24, 2.45) is 5.11 Å². The molecule has 6 heteroatoms. The highest BCUT2D eigenvalue weighted by atomic mass is 16.5. The van der Waals surface area contributed by atoms with E-state index in [9.17, 15) is 4.79 Å². The second kappa shape index (κ2) is 6.21. The van der Waals surface area contributed by atoms with Crippen molar-refractivity contribution in [1.82, 2.24) is 4.98 Å². The van der Waals surface area contributed by atoms with Crippen LogP contribution in [0.1, 0.15) is 15.9 Å². The van der Waals surface area contributed by atoms with Crippen LogP contribution in [0.2, 0.25) is 0 Å². The minimum absolute atomic E-state index is 0.263. The minimum Gasteiger partial charge on any atom is -0.465 e. The number of carbonyl (C=O) groups is 1. The van der Waals surface area contributed by atoms with Crippen molar-refractivity contribution in [3.05, 3.63) is 46.1 Å². The highest BCUT2D eigenvalue weighted by Gasteiger charge is 2.04. The van der Waals surface area contributed by atoms with Gasteiger partial charge in [-0.3, -0.25) is 4.98 Å². The lowest BCUT2D eigenvalue weighted by molar-refractivity contribution is 0.0600. The molecule has 0 N–H and O–H groups in total. The van der Waals surface area contributed by atoms with Gasteiger partial charge in [0, 0.05) is 23.9 Å². The molecule has 16 heavy (non-hydrogen) atoms.